The number of phenols is 1. The molecule has 0 aliphatic carbocycles. The van der Waals surface area contributed by atoms with Crippen molar-refractivity contribution in [2.24, 2.45) is 0 Å². The van der Waals surface area contributed by atoms with Gasteiger partial charge in [-0.2, -0.15) is 4.98 Å². The zero-order valence-corrected chi connectivity index (χ0v) is 22.4. The first kappa shape index (κ1) is 25.4. The Balaban J connectivity index is 1.52. The smallest absolute Gasteiger partial charge is 0.246 e. The van der Waals surface area contributed by atoms with Crippen molar-refractivity contribution in [3.63, 3.8) is 0 Å². The van der Waals surface area contributed by atoms with E-state index in [1.54, 1.807) is 4.90 Å². The average Bonchev–Trinajstić information content (AvgIpc) is 2.91. The first-order chi connectivity index (χ1) is 18.9. The van der Waals surface area contributed by atoms with Crippen LogP contribution in [0.5, 0.6) is 11.5 Å². The molecule has 0 spiro atoms. The number of hydrogen-bond donors (Lipinski definition) is 1. The molecular weight excluding hydrogens is 499 g/mol. The van der Waals surface area contributed by atoms with E-state index in [1.165, 1.54) is 24.3 Å². The van der Waals surface area contributed by atoms with Crippen LogP contribution in [0, 0.1) is 5.82 Å². The molecule has 0 radical (unpaired) electrons. The number of likely N-dealkylation sites (N-methyl/N-ethyl adjacent to an activating group) is 1. The van der Waals surface area contributed by atoms with Gasteiger partial charge in [0.1, 0.15) is 23.1 Å². The molecule has 2 fully saturated rings. The molecule has 9 nitrogen and oxygen atoms in total. The number of halogens is 1. The molecule has 0 unspecified atom stereocenters. The summed E-state index contributed by atoms with van der Waals surface area (Å²) in [6.45, 7) is 8.10. The van der Waals surface area contributed by atoms with Crippen molar-refractivity contribution < 1.29 is 19.0 Å². The number of phenolic OH excluding ortho intramolecular Hbond substituents is 1. The van der Waals surface area contributed by atoms with Crippen LogP contribution in [0.25, 0.3) is 22.0 Å². The predicted octanol–water partition coefficient (Wildman–Crippen LogP) is 3.05. The van der Waals surface area contributed by atoms with E-state index in [-0.39, 0.29) is 17.2 Å². The summed E-state index contributed by atoms with van der Waals surface area (Å²) in [7, 11) is 4.13. The normalized spacial score (nSPS) is 17.7. The van der Waals surface area contributed by atoms with E-state index >= 15 is 4.39 Å². The molecule has 10 heteroatoms. The lowest BCUT2D eigenvalue weighted by Crippen LogP contribution is -2.58. The van der Waals surface area contributed by atoms with Gasteiger partial charge < -0.3 is 29.4 Å². The summed E-state index contributed by atoms with van der Waals surface area (Å²) in [5, 5.41) is 11.5. The zero-order chi connectivity index (χ0) is 27.3. The van der Waals surface area contributed by atoms with E-state index in [1.807, 2.05) is 6.07 Å². The number of hydrogen-bond acceptors (Lipinski definition) is 8. The summed E-state index contributed by atoms with van der Waals surface area (Å²) in [4.78, 5) is 30.5. The highest BCUT2D eigenvalue weighted by molar-refractivity contribution is 6.01. The lowest BCUT2D eigenvalue weighted by atomic mass is 9.91. The van der Waals surface area contributed by atoms with Gasteiger partial charge in [0.15, 0.2) is 0 Å². The fraction of sp³-hybridized carbons (Fsp3) is 0.414. The van der Waals surface area contributed by atoms with Gasteiger partial charge in [0, 0.05) is 50.9 Å². The predicted molar refractivity (Wildman–Crippen MR) is 149 cm³/mol. The van der Waals surface area contributed by atoms with Crippen LogP contribution >= 0.6 is 0 Å². The van der Waals surface area contributed by atoms with E-state index in [4.69, 9.17) is 14.7 Å². The molecule has 39 heavy (non-hydrogen) atoms. The van der Waals surface area contributed by atoms with Gasteiger partial charge in [-0.05, 0) is 56.8 Å². The molecular formula is C29H33FN6O3. The molecule has 0 saturated carbocycles. The Morgan fingerprint density at radius 3 is 2.64 bits per heavy atom. The summed E-state index contributed by atoms with van der Waals surface area (Å²) in [6.07, 6.45) is 2.83. The van der Waals surface area contributed by atoms with Gasteiger partial charge >= 0.3 is 0 Å². The number of fused-ring (bicyclic) bond motifs is 3. The summed E-state index contributed by atoms with van der Waals surface area (Å²) in [5.74, 6) is 1.34. The van der Waals surface area contributed by atoms with E-state index in [2.05, 4.69) is 35.4 Å². The Morgan fingerprint density at radius 2 is 1.95 bits per heavy atom. The van der Waals surface area contributed by atoms with Gasteiger partial charge in [0.25, 0.3) is 0 Å². The average molecular weight is 533 g/mol. The van der Waals surface area contributed by atoms with Gasteiger partial charge in [-0.3, -0.25) is 4.79 Å². The van der Waals surface area contributed by atoms with E-state index < -0.39 is 5.82 Å². The first-order valence-electron chi connectivity index (χ1n) is 13.4. The topological polar surface area (TPSA) is 85.3 Å². The lowest BCUT2D eigenvalue weighted by Gasteiger charge is -2.43. The summed E-state index contributed by atoms with van der Waals surface area (Å²) in [6, 6.07) is 6.65. The Morgan fingerprint density at radius 1 is 1.18 bits per heavy atom. The molecule has 2 aromatic carbocycles. The maximum absolute atomic E-state index is 15.1. The minimum Gasteiger partial charge on any atom is -0.507 e. The molecule has 204 valence electrons. The Kier molecular flexibility index (Phi) is 6.50. The van der Waals surface area contributed by atoms with Crippen molar-refractivity contribution in [2.75, 3.05) is 69.8 Å². The fourth-order valence-corrected chi connectivity index (χ4v) is 5.69. The van der Waals surface area contributed by atoms with E-state index in [9.17, 15) is 9.90 Å². The van der Waals surface area contributed by atoms with Crippen LogP contribution in [0.4, 0.5) is 16.2 Å². The Labute approximate surface area is 227 Å². The maximum Gasteiger partial charge on any atom is 0.246 e. The van der Waals surface area contributed by atoms with Crippen LogP contribution in [0.2, 0.25) is 0 Å². The number of anilines is 2. The molecule has 1 aromatic heterocycles. The number of ether oxygens (including phenoxy) is 1. The maximum atomic E-state index is 15.1. The molecule has 3 aliphatic heterocycles. The minimum absolute atomic E-state index is 0.0757. The first-order valence-corrected chi connectivity index (χ1v) is 13.4. The number of aromatic hydroxyl groups is 1. The molecule has 3 aliphatic rings. The number of carbonyl (C=O) groups is 1. The number of rotatable bonds is 5. The molecule has 2 saturated heterocycles. The number of aromatic nitrogens is 2. The summed E-state index contributed by atoms with van der Waals surface area (Å²) >= 11 is 0. The van der Waals surface area contributed by atoms with Crippen molar-refractivity contribution in [1.82, 2.24) is 19.8 Å². The second kappa shape index (κ2) is 10.00. The van der Waals surface area contributed by atoms with Gasteiger partial charge in [-0.1, -0.05) is 12.6 Å². The van der Waals surface area contributed by atoms with Gasteiger partial charge in [-0.25, -0.2) is 9.37 Å². The van der Waals surface area contributed by atoms with Crippen molar-refractivity contribution in [1.29, 1.82) is 0 Å². The van der Waals surface area contributed by atoms with Gasteiger partial charge in [0.2, 0.25) is 11.9 Å². The third-order valence-electron chi connectivity index (χ3n) is 8.03. The molecule has 0 atom stereocenters. The zero-order valence-electron chi connectivity index (χ0n) is 22.4. The van der Waals surface area contributed by atoms with Crippen LogP contribution in [0.1, 0.15) is 12.0 Å². The van der Waals surface area contributed by atoms with Gasteiger partial charge in [0.05, 0.1) is 23.1 Å². The quantitative estimate of drug-likeness (QED) is 0.502. The summed E-state index contributed by atoms with van der Waals surface area (Å²) < 4.78 is 21.4. The van der Waals surface area contributed by atoms with Crippen molar-refractivity contribution in [3.05, 3.63) is 48.3 Å². The van der Waals surface area contributed by atoms with Crippen LogP contribution in [0.15, 0.2) is 36.9 Å². The summed E-state index contributed by atoms with van der Waals surface area (Å²) in [5.41, 5.74) is 2.26. The van der Waals surface area contributed by atoms with Crippen LogP contribution in [-0.4, -0.2) is 96.8 Å². The molecule has 3 aromatic rings. The second-order valence-corrected chi connectivity index (χ2v) is 10.6. The Bertz CT molecular complexity index is 1430. The third-order valence-corrected chi connectivity index (χ3v) is 8.03. The number of carbonyl (C=O) groups excluding carboxylic acids is 1. The van der Waals surface area contributed by atoms with Crippen molar-refractivity contribution >= 4 is 28.6 Å². The number of benzene rings is 2. The van der Waals surface area contributed by atoms with Crippen molar-refractivity contribution in [3.8, 4) is 22.6 Å². The highest BCUT2D eigenvalue weighted by Gasteiger charge is 2.34. The molecule has 0 bridgehead atoms. The minimum atomic E-state index is -0.490. The molecule has 4 heterocycles. The second-order valence-electron chi connectivity index (χ2n) is 10.6. The van der Waals surface area contributed by atoms with Gasteiger partial charge in [-0.15, -0.1) is 0 Å². The highest BCUT2D eigenvalue weighted by Crippen LogP contribution is 2.46. The number of piperazine rings is 1. The van der Waals surface area contributed by atoms with Crippen LogP contribution < -0.4 is 14.5 Å². The van der Waals surface area contributed by atoms with Crippen LogP contribution in [-0.2, 0) is 11.2 Å². The van der Waals surface area contributed by atoms with E-state index in [0.29, 0.717) is 68.0 Å². The third kappa shape index (κ3) is 4.42. The monoisotopic (exact) mass is 532 g/mol. The number of nitrogens with zero attached hydrogens (tertiary/aromatic N) is 6. The molecule has 6 rings (SSSR count). The van der Waals surface area contributed by atoms with Crippen LogP contribution in [0.3, 0.4) is 0 Å². The Hall–Kier alpha value is -3.92. The number of amides is 1. The lowest BCUT2D eigenvalue weighted by molar-refractivity contribution is -0.126. The van der Waals surface area contributed by atoms with E-state index in [0.717, 1.165) is 36.3 Å². The standard InChI is InChI=1S/C29H33FN6O3/c1-4-24(38)34-10-12-35(13-11-34)28-26-22(31-29(32-28)36-16-18(17-36)33(2)3)15-20(19-7-6-14-39-27(19)26)25-21(30)8-5-9-23(25)37/h4-5,8-9,15,18,37H,1,6-7,10-14,16-17H2,2-3H3. The molecule has 1 N–H and O–H groups in total. The highest BCUT2D eigenvalue weighted by atomic mass is 19.1. The SMILES string of the molecule is C=CC(=O)N1CCN(c2nc(N3CC(N(C)C)C3)nc3cc(-c4c(O)cccc4F)c4c(c23)OCCC4)CC1. The molecule has 1 amide bonds. The largest absolute Gasteiger partial charge is 0.507 e. The fourth-order valence-electron chi connectivity index (χ4n) is 5.69. The van der Waals surface area contributed by atoms with Crippen molar-refractivity contribution in [2.45, 2.75) is 18.9 Å².